The number of anilines is 1. The van der Waals surface area contributed by atoms with E-state index in [4.69, 9.17) is 4.74 Å². The molecular formula is C18H24N4O2. The van der Waals surface area contributed by atoms with Crippen LogP contribution in [-0.4, -0.2) is 34.8 Å². The van der Waals surface area contributed by atoms with Crippen LogP contribution in [0.5, 0.6) is 0 Å². The number of imidazole rings is 1. The van der Waals surface area contributed by atoms with Crippen molar-refractivity contribution in [1.82, 2.24) is 14.9 Å². The van der Waals surface area contributed by atoms with E-state index < -0.39 is 0 Å². The van der Waals surface area contributed by atoms with Gasteiger partial charge in [0.05, 0.1) is 12.1 Å². The second-order valence-electron chi connectivity index (χ2n) is 6.21. The molecular weight excluding hydrogens is 304 g/mol. The number of nitrogens with zero attached hydrogens (tertiary/aromatic N) is 2. The Morgan fingerprint density at radius 2 is 2.17 bits per heavy atom. The number of hydrogen-bond donors (Lipinski definition) is 2. The van der Waals surface area contributed by atoms with Crippen molar-refractivity contribution in [2.24, 2.45) is 7.05 Å². The van der Waals surface area contributed by atoms with Crippen LogP contribution in [0.2, 0.25) is 0 Å². The van der Waals surface area contributed by atoms with E-state index in [9.17, 15) is 4.79 Å². The van der Waals surface area contributed by atoms with Gasteiger partial charge in [-0.3, -0.25) is 0 Å². The first-order valence-corrected chi connectivity index (χ1v) is 8.35. The van der Waals surface area contributed by atoms with Gasteiger partial charge in [0.25, 0.3) is 0 Å². The number of carbonyl (C=O) groups is 1. The van der Waals surface area contributed by atoms with Gasteiger partial charge in [-0.15, -0.1) is 0 Å². The third-order valence-electron chi connectivity index (χ3n) is 4.52. The van der Waals surface area contributed by atoms with Gasteiger partial charge in [0.1, 0.15) is 5.82 Å². The predicted molar refractivity (Wildman–Crippen MR) is 93.9 cm³/mol. The number of carbonyl (C=O) groups excluding carboxylic acids is 1. The van der Waals surface area contributed by atoms with Crippen molar-refractivity contribution >= 4 is 11.7 Å². The average Bonchev–Trinajstić information content (AvgIpc) is 3.01. The Hall–Kier alpha value is -2.34. The number of amides is 2. The number of hydrogen-bond acceptors (Lipinski definition) is 3. The Bertz CT molecular complexity index is 698. The standard InChI is InChI=1S/C18H24N4O2/c1-22-11-10-19-17(22)13-6-5-7-14(12-13)20-18(23)21-15-8-3-4-9-16(15)24-2/h5-7,10-12,15-16H,3-4,8-9H2,1-2H3,(H2,20,21,23)/t15-,16-/m1/s1. The summed E-state index contributed by atoms with van der Waals surface area (Å²) in [4.78, 5) is 16.6. The molecule has 0 radical (unpaired) electrons. The molecule has 128 valence electrons. The molecule has 0 saturated heterocycles. The summed E-state index contributed by atoms with van der Waals surface area (Å²) < 4.78 is 7.43. The van der Waals surface area contributed by atoms with E-state index >= 15 is 0 Å². The van der Waals surface area contributed by atoms with Crippen LogP contribution in [0, 0.1) is 0 Å². The Kier molecular flexibility index (Phi) is 5.15. The number of nitrogens with one attached hydrogen (secondary N) is 2. The summed E-state index contributed by atoms with van der Waals surface area (Å²) >= 11 is 0. The largest absolute Gasteiger partial charge is 0.379 e. The van der Waals surface area contributed by atoms with Crippen molar-refractivity contribution in [3.8, 4) is 11.4 Å². The Morgan fingerprint density at radius 3 is 2.92 bits per heavy atom. The second-order valence-corrected chi connectivity index (χ2v) is 6.21. The molecule has 0 aliphatic heterocycles. The number of methoxy groups -OCH3 is 1. The summed E-state index contributed by atoms with van der Waals surface area (Å²) in [6.07, 6.45) is 7.99. The maximum atomic E-state index is 12.3. The molecule has 0 spiro atoms. The SMILES string of the molecule is CO[C@@H]1CCCC[C@H]1NC(=O)Nc1cccc(-c2nccn2C)c1. The molecule has 6 nitrogen and oxygen atoms in total. The number of ether oxygens (including phenoxy) is 1. The molecule has 1 aromatic heterocycles. The average molecular weight is 328 g/mol. The van der Waals surface area contributed by atoms with E-state index in [2.05, 4.69) is 15.6 Å². The van der Waals surface area contributed by atoms with Crippen molar-refractivity contribution in [2.75, 3.05) is 12.4 Å². The van der Waals surface area contributed by atoms with Gasteiger partial charge >= 0.3 is 6.03 Å². The monoisotopic (exact) mass is 328 g/mol. The molecule has 2 aromatic rings. The van der Waals surface area contributed by atoms with E-state index in [-0.39, 0.29) is 18.2 Å². The summed E-state index contributed by atoms with van der Waals surface area (Å²) in [7, 11) is 3.65. The fraction of sp³-hybridized carbons (Fsp3) is 0.444. The van der Waals surface area contributed by atoms with Gasteiger partial charge in [-0.2, -0.15) is 0 Å². The van der Waals surface area contributed by atoms with Crippen LogP contribution < -0.4 is 10.6 Å². The van der Waals surface area contributed by atoms with Crippen LogP contribution in [-0.2, 0) is 11.8 Å². The lowest BCUT2D eigenvalue weighted by Gasteiger charge is -2.31. The van der Waals surface area contributed by atoms with Crippen molar-refractivity contribution in [1.29, 1.82) is 0 Å². The first kappa shape index (κ1) is 16.5. The highest BCUT2D eigenvalue weighted by Gasteiger charge is 2.26. The minimum atomic E-state index is -0.194. The lowest BCUT2D eigenvalue weighted by Crippen LogP contribution is -2.47. The van der Waals surface area contributed by atoms with E-state index in [0.717, 1.165) is 42.8 Å². The third kappa shape index (κ3) is 3.76. The third-order valence-corrected chi connectivity index (χ3v) is 4.52. The Balaban J connectivity index is 1.65. The summed E-state index contributed by atoms with van der Waals surface area (Å²) in [5.41, 5.74) is 1.71. The zero-order chi connectivity index (χ0) is 16.9. The van der Waals surface area contributed by atoms with Crippen molar-refractivity contribution in [3.63, 3.8) is 0 Å². The van der Waals surface area contributed by atoms with Crippen LogP contribution >= 0.6 is 0 Å². The molecule has 1 saturated carbocycles. The van der Waals surface area contributed by atoms with Gasteiger partial charge in [0.2, 0.25) is 0 Å². The van der Waals surface area contributed by atoms with Crippen LogP contribution in [0.4, 0.5) is 10.5 Å². The van der Waals surface area contributed by atoms with Crippen LogP contribution in [0.3, 0.4) is 0 Å². The van der Waals surface area contributed by atoms with Crippen LogP contribution in [0.25, 0.3) is 11.4 Å². The minimum Gasteiger partial charge on any atom is -0.379 e. The number of rotatable bonds is 4. The molecule has 1 aliphatic rings. The number of aromatic nitrogens is 2. The summed E-state index contributed by atoms with van der Waals surface area (Å²) in [6, 6.07) is 7.57. The number of benzene rings is 1. The number of aryl methyl sites for hydroxylation is 1. The zero-order valence-corrected chi connectivity index (χ0v) is 14.2. The van der Waals surface area contributed by atoms with Gasteiger partial charge in [0, 0.05) is 37.8 Å². The molecule has 1 heterocycles. The molecule has 0 bridgehead atoms. The van der Waals surface area contributed by atoms with E-state index in [0.29, 0.717) is 0 Å². The molecule has 2 amide bonds. The molecule has 2 N–H and O–H groups in total. The minimum absolute atomic E-state index is 0.0708. The van der Waals surface area contributed by atoms with Gasteiger partial charge in [-0.05, 0) is 25.0 Å². The summed E-state index contributed by atoms with van der Waals surface area (Å²) in [6.45, 7) is 0. The highest BCUT2D eigenvalue weighted by molar-refractivity contribution is 5.90. The summed E-state index contributed by atoms with van der Waals surface area (Å²) in [5.74, 6) is 0.866. The fourth-order valence-electron chi connectivity index (χ4n) is 3.26. The van der Waals surface area contributed by atoms with Gasteiger partial charge in [-0.25, -0.2) is 9.78 Å². The molecule has 1 aliphatic carbocycles. The zero-order valence-electron chi connectivity index (χ0n) is 14.2. The normalized spacial score (nSPS) is 20.6. The van der Waals surface area contributed by atoms with Crippen molar-refractivity contribution in [2.45, 2.75) is 37.8 Å². The highest BCUT2D eigenvalue weighted by Crippen LogP contribution is 2.22. The highest BCUT2D eigenvalue weighted by atomic mass is 16.5. The first-order valence-electron chi connectivity index (χ1n) is 8.35. The second kappa shape index (κ2) is 7.49. The van der Waals surface area contributed by atoms with Crippen LogP contribution in [0.15, 0.2) is 36.7 Å². The van der Waals surface area contributed by atoms with Crippen LogP contribution in [0.1, 0.15) is 25.7 Å². The smallest absolute Gasteiger partial charge is 0.319 e. The quantitative estimate of drug-likeness (QED) is 0.906. The lowest BCUT2D eigenvalue weighted by molar-refractivity contribution is 0.0459. The molecule has 0 unspecified atom stereocenters. The number of urea groups is 1. The van der Waals surface area contributed by atoms with E-state index in [1.807, 2.05) is 42.1 Å². The van der Waals surface area contributed by atoms with Crippen molar-refractivity contribution < 1.29 is 9.53 Å². The molecule has 3 rings (SSSR count). The van der Waals surface area contributed by atoms with E-state index in [1.165, 1.54) is 0 Å². The van der Waals surface area contributed by atoms with Gasteiger partial charge < -0.3 is 19.9 Å². The molecule has 24 heavy (non-hydrogen) atoms. The van der Waals surface area contributed by atoms with Gasteiger partial charge in [0.15, 0.2) is 0 Å². The Labute approximate surface area is 142 Å². The molecule has 2 atom stereocenters. The first-order chi connectivity index (χ1) is 11.7. The molecule has 1 fully saturated rings. The Morgan fingerprint density at radius 1 is 1.33 bits per heavy atom. The summed E-state index contributed by atoms with van der Waals surface area (Å²) in [5, 5.41) is 5.95. The molecule has 1 aromatic carbocycles. The topological polar surface area (TPSA) is 68.2 Å². The fourth-order valence-corrected chi connectivity index (χ4v) is 3.26. The van der Waals surface area contributed by atoms with E-state index in [1.54, 1.807) is 13.3 Å². The lowest BCUT2D eigenvalue weighted by atomic mass is 9.92. The van der Waals surface area contributed by atoms with Gasteiger partial charge in [-0.1, -0.05) is 25.0 Å². The maximum absolute atomic E-state index is 12.3. The maximum Gasteiger partial charge on any atom is 0.319 e. The predicted octanol–water partition coefficient (Wildman–Crippen LogP) is 3.17. The molecule has 6 heteroatoms. The van der Waals surface area contributed by atoms with Crippen molar-refractivity contribution in [3.05, 3.63) is 36.7 Å².